The van der Waals surface area contributed by atoms with Crippen LogP contribution in [0.15, 0.2) is 42.5 Å². The maximum absolute atomic E-state index is 12.2. The van der Waals surface area contributed by atoms with Crippen molar-refractivity contribution in [1.29, 1.82) is 0 Å². The van der Waals surface area contributed by atoms with E-state index in [1.54, 1.807) is 36.4 Å². The second-order valence-corrected chi connectivity index (χ2v) is 5.52. The molecular weight excluding hydrogens is 322 g/mol. The van der Waals surface area contributed by atoms with Crippen LogP contribution in [0.2, 0.25) is 0 Å². The molecule has 25 heavy (non-hydrogen) atoms. The third-order valence-corrected chi connectivity index (χ3v) is 3.77. The zero-order valence-electron chi connectivity index (χ0n) is 14.4. The van der Waals surface area contributed by atoms with Crippen LogP contribution in [0.25, 0.3) is 0 Å². The standard InChI is InChI=1S/C19H21NO5/c1-12-9-13(10-15(23-2)17(12)20)11-16(19(22)24-3)25-18(21)14-7-5-4-6-8-14/h4-10,16H,11,20H2,1-3H3/t16-/m1/s1. The number of hydrogen-bond donors (Lipinski definition) is 1. The fourth-order valence-electron chi connectivity index (χ4n) is 2.41. The fourth-order valence-corrected chi connectivity index (χ4v) is 2.41. The van der Waals surface area contributed by atoms with Crippen LogP contribution >= 0.6 is 0 Å². The summed E-state index contributed by atoms with van der Waals surface area (Å²) in [7, 11) is 2.77. The Bertz CT molecular complexity index is 758. The first-order chi connectivity index (χ1) is 12.0. The maximum atomic E-state index is 12.2. The predicted molar refractivity (Wildman–Crippen MR) is 93.5 cm³/mol. The molecule has 0 heterocycles. The van der Waals surface area contributed by atoms with E-state index in [0.717, 1.165) is 11.1 Å². The van der Waals surface area contributed by atoms with Gasteiger partial charge in [0.25, 0.3) is 0 Å². The molecule has 0 unspecified atom stereocenters. The molecule has 132 valence electrons. The van der Waals surface area contributed by atoms with Crippen LogP contribution in [0, 0.1) is 6.92 Å². The van der Waals surface area contributed by atoms with Gasteiger partial charge < -0.3 is 19.9 Å². The number of nitrogen functional groups attached to an aromatic ring is 1. The van der Waals surface area contributed by atoms with Gasteiger partial charge in [0, 0.05) is 6.42 Å². The minimum Gasteiger partial charge on any atom is -0.495 e. The van der Waals surface area contributed by atoms with Gasteiger partial charge in [0.1, 0.15) is 5.75 Å². The summed E-state index contributed by atoms with van der Waals surface area (Å²) in [6, 6.07) is 12.0. The summed E-state index contributed by atoms with van der Waals surface area (Å²) in [6.45, 7) is 1.84. The Morgan fingerprint density at radius 2 is 1.80 bits per heavy atom. The molecule has 0 saturated heterocycles. The first-order valence-corrected chi connectivity index (χ1v) is 7.73. The highest BCUT2D eigenvalue weighted by Gasteiger charge is 2.25. The molecule has 0 amide bonds. The Labute approximate surface area is 146 Å². The number of aryl methyl sites for hydroxylation is 1. The molecule has 0 aliphatic rings. The number of esters is 2. The van der Waals surface area contributed by atoms with Gasteiger partial charge in [0.15, 0.2) is 0 Å². The molecule has 0 aliphatic heterocycles. The Balaban J connectivity index is 2.23. The van der Waals surface area contributed by atoms with Gasteiger partial charge in [-0.3, -0.25) is 0 Å². The highest BCUT2D eigenvalue weighted by molar-refractivity contribution is 5.91. The van der Waals surface area contributed by atoms with E-state index >= 15 is 0 Å². The van der Waals surface area contributed by atoms with Crippen molar-refractivity contribution in [3.63, 3.8) is 0 Å². The first kappa shape index (κ1) is 18.3. The lowest BCUT2D eigenvalue weighted by molar-refractivity contribution is -0.150. The van der Waals surface area contributed by atoms with Crippen LogP contribution in [0.5, 0.6) is 5.75 Å². The molecule has 2 aromatic rings. The van der Waals surface area contributed by atoms with E-state index in [1.165, 1.54) is 14.2 Å². The Kier molecular flexibility index (Phi) is 6.00. The highest BCUT2D eigenvalue weighted by Crippen LogP contribution is 2.27. The number of anilines is 1. The molecule has 0 bridgehead atoms. The lowest BCUT2D eigenvalue weighted by atomic mass is 10.0. The first-order valence-electron chi connectivity index (χ1n) is 7.73. The van der Waals surface area contributed by atoms with Gasteiger partial charge in [-0.05, 0) is 36.2 Å². The van der Waals surface area contributed by atoms with Crippen molar-refractivity contribution in [2.75, 3.05) is 20.0 Å². The molecule has 0 fully saturated rings. The van der Waals surface area contributed by atoms with Gasteiger partial charge in [0.2, 0.25) is 6.10 Å². The second kappa shape index (κ2) is 8.19. The number of benzene rings is 2. The minimum atomic E-state index is -1.06. The summed E-state index contributed by atoms with van der Waals surface area (Å²) in [4.78, 5) is 24.3. The highest BCUT2D eigenvalue weighted by atomic mass is 16.6. The van der Waals surface area contributed by atoms with Gasteiger partial charge in [0.05, 0.1) is 25.5 Å². The number of carbonyl (C=O) groups excluding carboxylic acids is 2. The van der Waals surface area contributed by atoms with Crippen molar-refractivity contribution < 1.29 is 23.8 Å². The second-order valence-electron chi connectivity index (χ2n) is 5.52. The summed E-state index contributed by atoms with van der Waals surface area (Å²) >= 11 is 0. The SMILES string of the molecule is COC(=O)[C@@H](Cc1cc(C)c(N)c(OC)c1)OC(=O)c1ccccc1. The molecule has 0 aromatic heterocycles. The summed E-state index contributed by atoms with van der Waals surface area (Å²) in [5.41, 5.74) is 8.39. The summed E-state index contributed by atoms with van der Waals surface area (Å²) < 4.78 is 15.3. The van der Waals surface area contributed by atoms with E-state index in [4.69, 9.17) is 19.9 Å². The van der Waals surface area contributed by atoms with Crippen LogP contribution in [0.1, 0.15) is 21.5 Å². The normalized spacial score (nSPS) is 11.5. The topological polar surface area (TPSA) is 87.8 Å². The van der Waals surface area contributed by atoms with Crippen molar-refractivity contribution in [2.24, 2.45) is 0 Å². The van der Waals surface area contributed by atoms with Crippen molar-refractivity contribution in [1.82, 2.24) is 0 Å². The van der Waals surface area contributed by atoms with Crippen molar-refractivity contribution >= 4 is 17.6 Å². The van der Waals surface area contributed by atoms with Crippen molar-refractivity contribution in [3.05, 3.63) is 59.2 Å². The van der Waals surface area contributed by atoms with Gasteiger partial charge in [-0.25, -0.2) is 9.59 Å². The number of nitrogens with two attached hydrogens (primary N) is 1. The Morgan fingerprint density at radius 1 is 1.12 bits per heavy atom. The molecule has 6 heteroatoms. The van der Waals surface area contributed by atoms with E-state index in [9.17, 15) is 9.59 Å². The molecule has 0 saturated carbocycles. The van der Waals surface area contributed by atoms with E-state index in [2.05, 4.69) is 0 Å². The quantitative estimate of drug-likeness (QED) is 0.640. The van der Waals surface area contributed by atoms with Crippen LogP contribution in [0.3, 0.4) is 0 Å². The molecule has 6 nitrogen and oxygen atoms in total. The Morgan fingerprint density at radius 3 is 2.40 bits per heavy atom. The fraction of sp³-hybridized carbons (Fsp3) is 0.263. The van der Waals surface area contributed by atoms with Crippen LogP contribution in [-0.4, -0.2) is 32.3 Å². The smallest absolute Gasteiger partial charge is 0.347 e. The number of methoxy groups -OCH3 is 2. The van der Waals surface area contributed by atoms with Crippen LogP contribution < -0.4 is 10.5 Å². The van der Waals surface area contributed by atoms with Crippen molar-refractivity contribution in [3.8, 4) is 5.75 Å². The van der Waals surface area contributed by atoms with E-state index in [1.807, 2.05) is 13.0 Å². The number of ether oxygens (including phenoxy) is 3. The summed E-state index contributed by atoms with van der Waals surface area (Å²) in [5.74, 6) is -0.708. The van der Waals surface area contributed by atoms with E-state index < -0.39 is 18.0 Å². The zero-order chi connectivity index (χ0) is 18.4. The third-order valence-electron chi connectivity index (χ3n) is 3.77. The minimum absolute atomic E-state index is 0.155. The number of carbonyl (C=O) groups is 2. The van der Waals surface area contributed by atoms with Gasteiger partial charge >= 0.3 is 11.9 Å². The Hall–Kier alpha value is -3.02. The zero-order valence-corrected chi connectivity index (χ0v) is 14.4. The van der Waals surface area contributed by atoms with E-state index in [-0.39, 0.29) is 6.42 Å². The molecule has 0 aliphatic carbocycles. The molecular formula is C19H21NO5. The lowest BCUT2D eigenvalue weighted by Gasteiger charge is -2.17. The van der Waals surface area contributed by atoms with Gasteiger partial charge in [-0.2, -0.15) is 0 Å². The predicted octanol–water partition coefficient (Wildman–Crippen LogP) is 2.53. The van der Waals surface area contributed by atoms with Crippen LogP contribution in [0.4, 0.5) is 5.69 Å². The van der Waals surface area contributed by atoms with Gasteiger partial charge in [-0.1, -0.05) is 24.3 Å². The van der Waals surface area contributed by atoms with E-state index in [0.29, 0.717) is 17.0 Å². The average Bonchev–Trinajstić information content (AvgIpc) is 2.63. The van der Waals surface area contributed by atoms with Crippen LogP contribution in [-0.2, 0) is 20.7 Å². The third kappa shape index (κ3) is 4.50. The molecule has 2 aromatic carbocycles. The van der Waals surface area contributed by atoms with Crippen molar-refractivity contribution in [2.45, 2.75) is 19.4 Å². The largest absolute Gasteiger partial charge is 0.495 e. The molecule has 0 spiro atoms. The summed E-state index contributed by atoms with van der Waals surface area (Å²) in [6.07, 6.45) is -0.909. The maximum Gasteiger partial charge on any atom is 0.347 e. The molecule has 2 N–H and O–H groups in total. The monoisotopic (exact) mass is 343 g/mol. The van der Waals surface area contributed by atoms with Gasteiger partial charge in [-0.15, -0.1) is 0 Å². The molecule has 1 atom stereocenters. The average molecular weight is 343 g/mol. The molecule has 2 rings (SSSR count). The number of rotatable bonds is 6. The molecule has 0 radical (unpaired) electrons. The number of hydrogen-bond acceptors (Lipinski definition) is 6. The lowest BCUT2D eigenvalue weighted by Crippen LogP contribution is -2.30. The summed E-state index contributed by atoms with van der Waals surface area (Å²) in [5, 5.41) is 0.